The van der Waals surface area contributed by atoms with Crippen molar-refractivity contribution < 1.29 is 99.0 Å². The van der Waals surface area contributed by atoms with Crippen molar-refractivity contribution >= 4 is 23.9 Å². The second-order valence-electron chi connectivity index (χ2n) is 25.0. The summed E-state index contributed by atoms with van der Waals surface area (Å²) in [5.41, 5.74) is 0. The first kappa shape index (κ1) is 96.1. The molecule has 4 N–H and O–H groups in total. The smallest absolute Gasteiger partial charge is 0.550 e. The number of unbranched alkanes of at least 4 members (excludes halogenated alkanes) is 40. The van der Waals surface area contributed by atoms with Crippen LogP contribution in [-0.2, 0) is 58.1 Å². The van der Waals surface area contributed by atoms with E-state index in [1.54, 1.807) is 0 Å². The van der Waals surface area contributed by atoms with Gasteiger partial charge in [-0.2, -0.15) is 0 Å². The molecule has 0 rings (SSSR count). The van der Waals surface area contributed by atoms with Gasteiger partial charge in [-0.3, -0.25) is 0 Å². The molecule has 504 valence electrons. The van der Waals surface area contributed by atoms with Crippen molar-refractivity contribution in [3.05, 3.63) is 0 Å². The topological polar surface area (TPSA) is 241 Å². The normalized spacial score (nSPS) is 12.2. The van der Waals surface area contributed by atoms with Gasteiger partial charge >= 0.3 is 39.0 Å². The third kappa shape index (κ3) is 99.2. The van der Waals surface area contributed by atoms with Crippen molar-refractivity contribution in [1.82, 2.24) is 0 Å². The Kier molecular flexibility index (Phi) is 93.8. The minimum absolute atomic E-state index is 0. The average Bonchev–Trinajstić information content (AvgIpc) is 3.45. The molecule has 0 aliphatic carbocycles. The summed E-state index contributed by atoms with van der Waals surface area (Å²) in [4.78, 5) is 40.9. The Hall–Kier alpha value is -1.03. The minimum atomic E-state index is -0.928. The van der Waals surface area contributed by atoms with Crippen molar-refractivity contribution in [2.45, 2.75) is 437 Å². The van der Waals surface area contributed by atoms with Crippen molar-refractivity contribution in [2.75, 3.05) is 0 Å². The number of carbonyl (C=O) groups excluding carboxylic acids is 4. The molecule has 4 unspecified atom stereocenters. The summed E-state index contributed by atoms with van der Waals surface area (Å²) in [7, 11) is 0. The van der Waals surface area contributed by atoms with E-state index in [0.717, 1.165) is 154 Å². The molecule has 0 amide bonds. The maximum absolute atomic E-state index is 10.2. The van der Waals surface area contributed by atoms with Gasteiger partial charge in [0, 0.05) is 23.9 Å². The fourth-order valence-electron chi connectivity index (χ4n) is 10.6. The number of carboxylic acid groups (broad SMARTS) is 4. The third-order valence-electron chi connectivity index (χ3n) is 16.2. The number of aliphatic hydroxyl groups is 4. The number of hydrogen-bond acceptors (Lipinski definition) is 12. The number of rotatable bonds is 64. The Morgan fingerprint density at radius 1 is 0.209 bits per heavy atom. The van der Waals surface area contributed by atoms with Crippen LogP contribution in [0.2, 0.25) is 0 Å². The number of aliphatic carboxylic acids is 4. The molecule has 86 heavy (non-hydrogen) atoms. The Labute approximate surface area is 556 Å². The standard InChI is InChI=1S/4C18H36O3.2Zn/c4*1-2-3-4-11-14-17(19)15-12-9-7-5-6-8-10-13-16-18(20)21;;/h4*17,19H,2-16H2,1H3,(H,20,21);;/q;;;;2*+2/p-4. The first-order valence-corrected chi connectivity index (χ1v) is 36.2. The summed E-state index contributed by atoms with van der Waals surface area (Å²) in [6, 6.07) is 0. The molecule has 0 aromatic heterocycles. The zero-order valence-corrected chi connectivity index (χ0v) is 63.1. The molecule has 12 nitrogen and oxygen atoms in total. The molecule has 0 radical (unpaired) electrons. The van der Waals surface area contributed by atoms with Gasteiger partial charge in [-0.25, -0.2) is 0 Å². The number of aliphatic hydroxyl groups excluding tert-OH is 4. The van der Waals surface area contributed by atoms with E-state index in [9.17, 15) is 60.0 Å². The summed E-state index contributed by atoms with van der Waals surface area (Å²) >= 11 is 0. The molecule has 0 spiro atoms. The maximum Gasteiger partial charge on any atom is 2.00 e. The van der Waals surface area contributed by atoms with Crippen molar-refractivity contribution in [3.8, 4) is 0 Å². The van der Waals surface area contributed by atoms with E-state index in [2.05, 4.69) is 27.7 Å². The molecule has 0 aromatic carbocycles. The van der Waals surface area contributed by atoms with Crippen LogP contribution in [0.25, 0.3) is 0 Å². The van der Waals surface area contributed by atoms with E-state index in [-0.39, 0.29) is 89.1 Å². The van der Waals surface area contributed by atoms with Gasteiger partial charge in [-0.05, 0) is 103 Å². The molecule has 0 saturated heterocycles. The van der Waals surface area contributed by atoms with Crippen LogP contribution in [0.15, 0.2) is 0 Å². The molecule has 0 bridgehead atoms. The van der Waals surface area contributed by atoms with Gasteiger partial charge in [0.15, 0.2) is 0 Å². The number of carbonyl (C=O) groups is 4. The van der Waals surface area contributed by atoms with E-state index in [4.69, 9.17) is 0 Å². The van der Waals surface area contributed by atoms with Gasteiger partial charge in [0.05, 0.1) is 24.4 Å². The van der Waals surface area contributed by atoms with E-state index in [1.807, 2.05) is 0 Å². The average molecular weight is 1330 g/mol. The number of carboxylic acids is 4. The Morgan fingerprint density at radius 3 is 0.430 bits per heavy atom. The SMILES string of the molecule is CCCCCCC(O)CCCCCCCCCCC(=O)[O-].CCCCCCC(O)CCCCCCCCCCC(=O)[O-].CCCCCCC(O)CCCCCCCCCCC(=O)[O-].CCCCCCC(O)CCCCCCCCCCC(=O)[O-].[Zn+2].[Zn+2]. The van der Waals surface area contributed by atoms with Crippen molar-refractivity contribution in [1.29, 1.82) is 0 Å². The van der Waals surface area contributed by atoms with E-state index in [0.29, 0.717) is 0 Å². The molecule has 0 saturated carbocycles. The molecule has 0 aliphatic heterocycles. The Bertz CT molecular complexity index is 1120. The van der Waals surface area contributed by atoms with Crippen molar-refractivity contribution in [3.63, 3.8) is 0 Å². The van der Waals surface area contributed by atoms with Crippen LogP contribution in [0.4, 0.5) is 0 Å². The first-order valence-electron chi connectivity index (χ1n) is 36.2. The first-order chi connectivity index (χ1) is 40.7. The zero-order chi connectivity index (χ0) is 63.0. The predicted molar refractivity (Wildman–Crippen MR) is 344 cm³/mol. The molecular weight excluding hydrogens is 1190 g/mol. The molecule has 4 atom stereocenters. The third-order valence-corrected chi connectivity index (χ3v) is 16.2. The fourth-order valence-corrected chi connectivity index (χ4v) is 10.6. The minimum Gasteiger partial charge on any atom is -0.550 e. The van der Waals surface area contributed by atoms with Gasteiger partial charge in [0.2, 0.25) is 0 Å². The quantitative estimate of drug-likeness (QED) is 0.0328. The maximum atomic E-state index is 10.2. The van der Waals surface area contributed by atoms with Crippen LogP contribution < -0.4 is 20.4 Å². The van der Waals surface area contributed by atoms with E-state index >= 15 is 0 Å². The second-order valence-corrected chi connectivity index (χ2v) is 25.0. The molecule has 0 aromatic rings. The monoisotopic (exact) mass is 1320 g/mol. The van der Waals surface area contributed by atoms with Crippen molar-refractivity contribution in [2.24, 2.45) is 0 Å². The molecule has 0 aliphatic rings. The van der Waals surface area contributed by atoms with Gasteiger partial charge in [0.25, 0.3) is 0 Å². The van der Waals surface area contributed by atoms with Crippen LogP contribution in [0.5, 0.6) is 0 Å². The molecule has 0 heterocycles. The summed E-state index contributed by atoms with van der Waals surface area (Å²) < 4.78 is 0. The van der Waals surface area contributed by atoms with Gasteiger partial charge in [0.1, 0.15) is 0 Å². The Balaban J connectivity index is -0.000000246. The predicted octanol–water partition coefficient (Wildman–Crippen LogP) is 15.9. The zero-order valence-electron chi connectivity index (χ0n) is 57.2. The summed E-state index contributed by atoms with van der Waals surface area (Å²) in [6.07, 6.45) is 63.7. The van der Waals surface area contributed by atoms with Crippen LogP contribution in [0, 0.1) is 0 Å². The Morgan fingerprint density at radius 2 is 0.314 bits per heavy atom. The summed E-state index contributed by atoms with van der Waals surface area (Å²) in [6.45, 7) is 8.83. The summed E-state index contributed by atoms with van der Waals surface area (Å²) in [5, 5.41) is 80.3. The largest absolute Gasteiger partial charge is 2.00 e. The van der Waals surface area contributed by atoms with E-state index in [1.165, 1.54) is 205 Å². The van der Waals surface area contributed by atoms with Gasteiger partial charge in [-0.15, -0.1) is 0 Å². The van der Waals surface area contributed by atoms with Crippen LogP contribution in [-0.4, -0.2) is 68.7 Å². The summed E-state index contributed by atoms with van der Waals surface area (Å²) in [5.74, 6) is -3.71. The van der Waals surface area contributed by atoms with Crippen LogP contribution in [0.1, 0.15) is 413 Å². The molecule has 14 heteroatoms. The van der Waals surface area contributed by atoms with E-state index < -0.39 is 23.9 Å². The second kappa shape index (κ2) is 84.0. The van der Waals surface area contributed by atoms with Gasteiger partial charge in [-0.1, -0.05) is 310 Å². The number of hydrogen-bond donors (Lipinski definition) is 4. The van der Waals surface area contributed by atoms with Crippen LogP contribution >= 0.6 is 0 Å². The van der Waals surface area contributed by atoms with Gasteiger partial charge < -0.3 is 60.0 Å². The fraction of sp³-hybridized carbons (Fsp3) is 0.944. The van der Waals surface area contributed by atoms with Crippen LogP contribution in [0.3, 0.4) is 0 Å². The molecule has 0 fully saturated rings. The molecular formula is C72H140O12Zn2.